The quantitative estimate of drug-likeness (QED) is 0.672. The van der Waals surface area contributed by atoms with Crippen molar-refractivity contribution in [1.82, 2.24) is 14.8 Å². The number of hydrogen-bond donors (Lipinski definition) is 1. The second-order valence-corrected chi connectivity index (χ2v) is 7.81. The summed E-state index contributed by atoms with van der Waals surface area (Å²) in [6, 6.07) is 25.3. The van der Waals surface area contributed by atoms with E-state index in [2.05, 4.69) is 69.4 Å². The first-order chi connectivity index (χ1) is 14.3. The van der Waals surface area contributed by atoms with Gasteiger partial charge in [-0.3, -0.25) is 0 Å². The Bertz CT molecular complexity index is 884. The second-order valence-electron chi connectivity index (χ2n) is 7.81. The average molecular weight is 387 g/mol. The lowest BCUT2D eigenvalue weighted by molar-refractivity contribution is 0.134. The van der Waals surface area contributed by atoms with Crippen LogP contribution in [0.25, 0.3) is 11.3 Å². The molecule has 2 heterocycles. The third-order valence-electron chi connectivity index (χ3n) is 5.76. The van der Waals surface area contributed by atoms with Crippen LogP contribution in [-0.2, 0) is 12.8 Å². The highest BCUT2D eigenvalue weighted by Crippen LogP contribution is 2.19. The van der Waals surface area contributed by atoms with E-state index in [4.69, 9.17) is 5.73 Å². The zero-order valence-electron chi connectivity index (χ0n) is 17.0. The molecular weight excluding hydrogens is 356 g/mol. The maximum Gasteiger partial charge on any atom is 0.124 e. The molecule has 1 aliphatic rings. The molecule has 29 heavy (non-hydrogen) atoms. The molecule has 1 fully saturated rings. The number of rotatable bonds is 7. The van der Waals surface area contributed by atoms with Crippen LogP contribution in [0.3, 0.4) is 0 Å². The molecule has 0 bridgehead atoms. The molecule has 1 aromatic heterocycles. The van der Waals surface area contributed by atoms with E-state index in [1.165, 1.54) is 37.3 Å². The van der Waals surface area contributed by atoms with Crippen molar-refractivity contribution in [2.45, 2.75) is 12.8 Å². The fourth-order valence-corrected chi connectivity index (χ4v) is 3.91. The van der Waals surface area contributed by atoms with E-state index < -0.39 is 0 Å². The lowest BCUT2D eigenvalue weighted by atomic mass is 10.1. The zero-order valence-corrected chi connectivity index (χ0v) is 17.0. The summed E-state index contributed by atoms with van der Waals surface area (Å²) in [5.41, 5.74) is 10.7. The molecule has 4 nitrogen and oxygen atoms in total. The van der Waals surface area contributed by atoms with E-state index in [9.17, 15) is 0 Å². The first kappa shape index (κ1) is 19.6. The minimum Gasteiger partial charge on any atom is -0.384 e. The lowest BCUT2D eigenvalue weighted by Gasteiger charge is -2.34. The molecule has 0 aliphatic carbocycles. The third-order valence-corrected chi connectivity index (χ3v) is 5.76. The van der Waals surface area contributed by atoms with Crippen LogP contribution in [0.5, 0.6) is 0 Å². The minimum absolute atomic E-state index is 0.564. The summed E-state index contributed by atoms with van der Waals surface area (Å²) < 4.78 is 0. The number of nitrogen functional groups attached to an aromatic ring is 1. The number of pyridine rings is 1. The number of piperazine rings is 1. The second kappa shape index (κ2) is 9.68. The summed E-state index contributed by atoms with van der Waals surface area (Å²) in [7, 11) is 0. The standard InChI is InChI=1S/C25H30N4/c26-25-8-4-7-24(27-25)23-11-9-22(10-12-23)14-16-29-19-17-28(18-20-29)15-13-21-5-2-1-3-6-21/h1-12H,13-20H2,(H2,26,27). The number of benzene rings is 2. The predicted octanol–water partition coefficient (Wildman–Crippen LogP) is 3.73. The van der Waals surface area contributed by atoms with Gasteiger partial charge in [-0.2, -0.15) is 0 Å². The van der Waals surface area contributed by atoms with Crippen molar-refractivity contribution in [2.75, 3.05) is 45.0 Å². The molecule has 0 saturated carbocycles. The molecule has 0 amide bonds. The number of aromatic nitrogens is 1. The molecule has 0 radical (unpaired) electrons. The predicted molar refractivity (Wildman–Crippen MR) is 121 cm³/mol. The molecule has 2 N–H and O–H groups in total. The smallest absolute Gasteiger partial charge is 0.124 e. The number of hydrogen-bond acceptors (Lipinski definition) is 4. The zero-order chi connectivity index (χ0) is 19.9. The van der Waals surface area contributed by atoms with Crippen LogP contribution >= 0.6 is 0 Å². The Morgan fingerprint density at radius 3 is 1.83 bits per heavy atom. The van der Waals surface area contributed by atoms with E-state index in [0.29, 0.717) is 5.82 Å². The molecule has 4 heteroatoms. The highest BCUT2D eigenvalue weighted by Gasteiger charge is 2.16. The van der Waals surface area contributed by atoms with Crippen molar-refractivity contribution in [1.29, 1.82) is 0 Å². The summed E-state index contributed by atoms with van der Waals surface area (Å²) in [5, 5.41) is 0. The highest BCUT2D eigenvalue weighted by atomic mass is 15.3. The van der Waals surface area contributed by atoms with Gasteiger partial charge in [0.25, 0.3) is 0 Å². The van der Waals surface area contributed by atoms with Crippen LogP contribution in [-0.4, -0.2) is 54.1 Å². The monoisotopic (exact) mass is 386 g/mol. The fraction of sp³-hybridized carbons (Fsp3) is 0.320. The Morgan fingerprint density at radius 2 is 1.24 bits per heavy atom. The lowest BCUT2D eigenvalue weighted by Crippen LogP contribution is -2.47. The van der Waals surface area contributed by atoms with E-state index in [0.717, 1.165) is 37.2 Å². The fourth-order valence-electron chi connectivity index (χ4n) is 3.91. The first-order valence-corrected chi connectivity index (χ1v) is 10.6. The summed E-state index contributed by atoms with van der Waals surface area (Å²) in [6.07, 6.45) is 2.24. The van der Waals surface area contributed by atoms with Crippen molar-refractivity contribution in [3.63, 3.8) is 0 Å². The van der Waals surface area contributed by atoms with Gasteiger partial charge in [0.1, 0.15) is 5.82 Å². The molecule has 1 aliphatic heterocycles. The largest absolute Gasteiger partial charge is 0.384 e. The average Bonchev–Trinajstić information content (AvgIpc) is 2.78. The van der Waals surface area contributed by atoms with E-state index >= 15 is 0 Å². The van der Waals surface area contributed by atoms with Crippen LogP contribution in [0, 0.1) is 0 Å². The molecule has 0 unspecified atom stereocenters. The van der Waals surface area contributed by atoms with Gasteiger partial charge in [0.05, 0.1) is 5.69 Å². The van der Waals surface area contributed by atoms with Crippen molar-refractivity contribution >= 4 is 5.82 Å². The number of anilines is 1. The SMILES string of the molecule is Nc1cccc(-c2ccc(CCN3CCN(CCc4ccccc4)CC3)cc2)n1. The van der Waals surface area contributed by atoms with Gasteiger partial charge in [0.2, 0.25) is 0 Å². The third kappa shape index (κ3) is 5.66. The first-order valence-electron chi connectivity index (χ1n) is 10.6. The van der Waals surface area contributed by atoms with Crippen molar-refractivity contribution in [3.8, 4) is 11.3 Å². The Morgan fingerprint density at radius 1 is 0.655 bits per heavy atom. The maximum atomic E-state index is 5.79. The van der Waals surface area contributed by atoms with Gasteiger partial charge in [-0.15, -0.1) is 0 Å². The number of nitrogens with two attached hydrogens (primary N) is 1. The van der Waals surface area contributed by atoms with Crippen LogP contribution in [0.15, 0.2) is 72.8 Å². The number of nitrogens with zero attached hydrogens (tertiary/aromatic N) is 3. The molecule has 0 atom stereocenters. The topological polar surface area (TPSA) is 45.4 Å². The molecule has 3 aromatic rings. The molecule has 1 saturated heterocycles. The van der Waals surface area contributed by atoms with Crippen LogP contribution in [0.1, 0.15) is 11.1 Å². The van der Waals surface area contributed by atoms with Gasteiger partial charge in [-0.25, -0.2) is 4.98 Å². The Hall–Kier alpha value is -2.69. The van der Waals surface area contributed by atoms with Gasteiger partial charge < -0.3 is 15.5 Å². The van der Waals surface area contributed by atoms with Gasteiger partial charge in [0, 0.05) is 44.8 Å². The Kier molecular flexibility index (Phi) is 6.55. The summed E-state index contributed by atoms with van der Waals surface area (Å²) in [6.45, 7) is 6.97. The molecule has 0 spiro atoms. The van der Waals surface area contributed by atoms with Crippen molar-refractivity contribution in [2.24, 2.45) is 0 Å². The van der Waals surface area contributed by atoms with Gasteiger partial charge in [0.15, 0.2) is 0 Å². The summed E-state index contributed by atoms with van der Waals surface area (Å²) in [4.78, 5) is 9.58. The van der Waals surface area contributed by atoms with Gasteiger partial charge in [-0.05, 0) is 36.1 Å². The Balaban J connectivity index is 1.20. The normalized spacial score (nSPS) is 15.4. The molecule has 150 valence electrons. The Labute approximate surface area is 174 Å². The molecule has 4 rings (SSSR count). The summed E-state index contributed by atoms with van der Waals surface area (Å²) in [5.74, 6) is 0.564. The minimum atomic E-state index is 0.564. The van der Waals surface area contributed by atoms with Gasteiger partial charge in [-0.1, -0.05) is 60.7 Å². The van der Waals surface area contributed by atoms with E-state index in [-0.39, 0.29) is 0 Å². The van der Waals surface area contributed by atoms with E-state index in [1.807, 2.05) is 18.2 Å². The highest BCUT2D eigenvalue weighted by molar-refractivity contribution is 5.61. The van der Waals surface area contributed by atoms with Gasteiger partial charge >= 0.3 is 0 Å². The maximum absolute atomic E-state index is 5.79. The summed E-state index contributed by atoms with van der Waals surface area (Å²) >= 11 is 0. The van der Waals surface area contributed by atoms with E-state index in [1.54, 1.807) is 0 Å². The van der Waals surface area contributed by atoms with Crippen LogP contribution in [0.2, 0.25) is 0 Å². The van der Waals surface area contributed by atoms with Crippen LogP contribution in [0.4, 0.5) is 5.82 Å². The molecule has 2 aromatic carbocycles. The van der Waals surface area contributed by atoms with Crippen molar-refractivity contribution < 1.29 is 0 Å². The molecular formula is C25H30N4. The van der Waals surface area contributed by atoms with Crippen LogP contribution < -0.4 is 5.73 Å². The van der Waals surface area contributed by atoms with Crippen molar-refractivity contribution in [3.05, 3.63) is 83.9 Å².